The van der Waals surface area contributed by atoms with Gasteiger partial charge in [0.25, 0.3) is 0 Å². The summed E-state index contributed by atoms with van der Waals surface area (Å²) in [5.74, 6) is -0.828. The minimum Gasteiger partial charge on any atom is -0.507 e. The minimum atomic E-state index is -0.648. The predicted octanol–water partition coefficient (Wildman–Crippen LogP) is 1.32. The van der Waals surface area contributed by atoms with Crippen molar-refractivity contribution in [1.82, 2.24) is 4.98 Å². The molecule has 0 atom stereocenters. The van der Waals surface area contributed by atoms with E-state index >= 15 is 0 Å². The number of carbonyl (C=O) groups is 1. The maximum absolute atomic E-state index is 11.3. The van der Waals surface area contributed by atoms with Gasteiger partial charge < -0.3 is 14.3 Å². The summed E-state index contributed by atoms with van der Waals surface area (Å²) < 4.78 is 9.49. The number of ether oxygens (including phenoxy) is 1. The largest absolute Gasteiger partial charge is 0.507 e. The minimum absolute atomic E-state index is 0.00231. The molecule has 0 saturated heterocycles. The summed E-state index contributed by atoms with van der Waals surface area (Å²) in [7, 11) is 1.23. The highest BCUT2D eigenvalue weighted by Crippen LogP contribution is 2.26. The first-order valence-corrected chi connectivity index (χ1v) is 3.87. The van der Waals surface area contributed by atoms with Gasteiger partial charge >= 0.3 is 5.97 Å². The van der Waals surface area contributed by atoms with E-state index in [0.29, 0.717) is 5.52 Å². The van der Waals surface area contributed by atoms with Crippen LogP contribution in [0.4, 0.5) is 0 Å². The van der Waals surface area contributed by atoms with Gasteiger partial charge in [-0.25, -0.2) is 9.78 Å². The van der Waals surface area contributed by atoms with Crippen LogP contribution in [0.25, 0.3) is 11.1 Å². The van der Waals surface area contributed by atoms with Gasteiger partial charge in [-0.05, 0) is 12.1 Å². The topological polar surface area (TPSA) is 72.6 Å². The van der Waals surface area contributed by atoms with Gasteiger partial charge in [0.2, 0.25) is 0 Å². The zero-order chi connectivity index (χ0) is 10.1. The van der Waals surface area contributed by atoms with Crippen LogP contribution >= 0.6 is 0 Å². The first-order chi connectivity index (χ1) is 6.74. The number of esters is 1. The number of methoxy groups -OCH3 is 1. The van der Waals surface area contributed by atoms with Gasteiger partial charge in [-0.15, -0.1) is 0 Å². The highest BCUT2D eigenvalue weighted by Gasteiger charge is 2.18. The monoisotopic (exact) mass is 193 g/mol. The van der Waals surface area contributed by atoms with Crippen molar-refractivity contribution in [2.75, 3.05) is 7.11 Å². The van der Waals surface area contributed by atoms with Crippen molar-refractivity contribution in [2.45, 2.75) is 0 Å². The van der Waals surface area contributed by atoms with E-state index in [2.05, 4.69) is 9.72 Å². The molecule has 0 aliphatic heterocycles. The van der Waals surface area contributed by atoms with Crippen molar-refractivity contribution in [3.8, 4) is 5.75 Å². The molecule has 1 aromatic heterocycles. The maximum atomic E-state index is 11.3. The Labute approximate surface area is 78.9 Å². The van der Waals surface area contributed by atoms with Gasteiger partial charge in [0, 0.05) is 0 Å². The van der Waals surface area contributed by atoms with Crippen LogP contribution < -0.4 is 0 Å². The van der Waals surface area contributed by atoms with Crippen LogP contribution in [0.2, 0.25) is 0 Å². The molecule has 5 heteroatoms. The van der Waals surface area contributed by atoms with E-state index in [9.17, 15) is 9.90 Å². The highest BCUT2D eigenvalue weighted by molar-refractivity contribution is 6.03. The zero-order valence-electron chi connectivity index (χ0n) is 7.35. The van der Waals surface area contributed by atoms with E-state index in [1.54, 1.807) is 6.07 Å². The predicted molar refractivity (Wildman–Crippen MR) is 47.0 cm³/mol. The van der Waals surface area contributed by atoms with Crippen LogP contribution in [0, 0.1) is 0 Å². The summed E-state index contributed by atoms with van der Waals surface area (Å²) in [4.78, 5) is 15.1. The summed E-state index contributed by atoms with van der Waals surface area (Å²) in [6.07, 6.45) is 1.20. The Kier molecular flexibility index (Phi) is 1.85. The Morgan fingerprint density at radius 1 is 1.57 bits per heavy atom. The number of hydrogen-bond acceptors (Lipinski definition) is 5. The van der Waals surface area contributed by atoms with Gasteiger partial charge in [-0.3, -0.25) is 0 Å². The van der Waals surface area contributed by atoms with Gasteiger partial charge in [0.05, 0.1) is 7.11 Å². The molecule has 2 aromatic rings. The number of carbonyl (C=O) groups excluding carboxylic acids is 1. The molecule has 14 heavy (non-hydrogen) atoms. The average Bonchev–Trinajstić information content (AvgIpc) is 2.64. The van der Waals surface area contributed by atoms with Crippen molar-refractivity contribution in [1.29, 1.82) is 0 Å². The van der Waals surface area contributed by atoms with Crippen molar-refractivity contribution in [3.05, 3.63) is 24.1 Å². The molecule has 0 bridgehead atoms. The van der Waals surface area contributed by atoms with E-state index in [1.807, 2.05) is 0 Å². The van der Waals surface area contributed by atoms with Crippen molar-refractivity contribution < 1.29 is 19.1 Å². The van der Waals surface area contributed by atoms with Crippen LogP contribution in [0.15, 0.2) is 22.9 Å². The van der Waals surface area contributed by atoms with Gasteiger partial charge in [-0.2, -0.15) is 0 Å². The lowest BCUT2D eigenvalue weighted by molar-refractivity contribution is 0.0598. The summed E-state index contributed by atoms with van der Waals surface area (Å²) in [5, 5.41) is 9.44. The van der Waals surface area contributed by atoms with E-state index < -0.39 is 5.97 Å². The average molecular weight is 193 g/mol. The van der Waals surface area contributed by atoms with Crippen molar-refractivity contribution in [3.63, 3.8) is 0 Å². The maximum Gasteiger partial charge on any atom is 0.345 e. The number of oxazole rings is 1. The molecule has 0 spiro atoms. The highest BCUT2D eigenvalue weighted by atomic mass is 16.5. The molecule has 0 amide bonds. The second-order valence-corrected chi connectivity index (χ2v) is 2.65. The van der Waals surface area contributed by atoms with Crippen LogP contribution in [-0.2, 0) is 4.74 Å². The fourth-order valence-electron chi connectivity index (χ4n) is 1.22. The van der Waals surface area contributed by atoms with Crippen LogP contribution in [0.5, 0.6) is 5.75 Å². The van der Waals surface area contributed by atoms with Gasteiger partial charge in [0.15, 0.2) is 12.0 Å². The third kappa shape index (κ3) is 1.10. The number of aromatic hydroxyl groups is 1. The summed E-state index contributed by atoms with van der Waals surface area (Å²) in [5.41, 5.74) is 0.738. The normalized spacial score (nSPS) is 10.4. The number of phenols is 1. The lowest BCUT2D eigenvalue weighted by atomic mass is 10.2. The lowest BCUT2D eigenvalue weighted by Crippen LogP contribution is -2.01. The molecule has 0 fully saturated rings. The van der Waals surface area contributed by atoms with Crippen LogP contribution in [0.3, 0.4) is 0 Å². The number of rotatable bonds is 1. The van der Waals surface area contributed by atoms with E-state index in [0.717, 1.165) is 0 Å². The molecular weight excluding hydrogens is 186 g/mol. The lowest BCUT2D eigenvalue weighted by Gasteiger charge is -2.01. The van der Waals surface area contributed by atoms with E-state index in [4.69, 9.17) is 4.42 Å². The van der Waals surface area contributed by atoms with Crippen molar-refractivity contribution in [2.24, 2.45) is 0 Å². The molecular formula is C9H7NO4. The number of benzene rings is 1. The Morgan fingerprint density at radius 3 is 3.07 bits per heavy atom. The Morgan fingerprint density at radius 2 is 2.36 bits per heavy atom. The van der Waals surface area contributed by atoms with E-state index in [1.165, 1.54) is 19.6 Å². The number of nitrogens with zero attached hydrogens (tertiary/aromatic N) is 1. The second kappa shape index (κ2) is 3.02. The first kappa shape index (κ1) is 8.55. The third-order valence-corrected chi connectivity index (χ3v) is 1.87. The molecule has 2 rings (SSSR count). The molecule has 1 N–H and O–H groups in total. The third-order valence-electron chi connectivity index (χ3n) is 1.87. The van der Waals surface area contributed by atoms with Crippen LogP contribution in [-0.4, -0.2) is 23.2 Å². The number of phenolic OH excluding ortho intramolecular Hbond substituents is 1. The molecule has 0 aliphatic carbocycles. The molecule has 1 aromatic carbocycles. The summed E-state index contributed by atoms with van der Waals surface area (Å²) in [6.45, 7) is 0. The Hall–Kier alpha value is -2.04. The van der Waals surface area contributed by atoms with Gasteiger partial charge in [-0.1, -0.05) is 0 Å². The number of hydrogen-bond donors (Lipinski definition) is 1. The standard InChI is InChI=1S/C9H7NO4/c1-13-9(12)7-6(11)3-2-5-8(7)14-4-10-5/h2-4,11H,1H3. The summed E-state index contributed by atoms with van der Waals surface area (Å²) in [6, 6.07) is 2.93. The summed E-state index contributed by atoms with van der Waals surface area (Å²) >= 11 is 0. The van der Waals surface area contributed by atoms with Crippen molar-refractivity contribution >= 4 is 17.1 Å². The quantitative estimate of drug-likeness (QED) is 0.691. The number of aromatic nitrogens is 1. The molecule has 5 nitrogen and oxygen atoms in total. The smallest absolute Gasteiger partial charge is 0.345 e. The second-order valence-electron chi connectivity index (χ2n) is 2.65. The van der Waals surface area contributed by atoms with E-state index in [-0.39, 0.29) is 16.9 Å². The number of fused-ring (bicyclic) bond motifs is 1. The van der Waals surface area contributed by atoms with Gasteiger partial charge in [0.1, 0.15) is 16.8 Å². The molecule has 0 saturated carbocycles. The molecule has 1 heterocycles. The van der Waals surface area contributed by atoms with Crippen LogP contribution in [0.1, 0.15) is 10.4 Å². The molecule has 0 radical (unpaired) electrons. The fraction of sp³-hybridized carbons (Fsp3) is 0.111. The zero-order valence-corrected chi connectivity index (χ0v) is 7.35. The Bertz CT molecular complexity index is 489. The Balaban J connectivity index is 2.76. The fourth-order valence-corrected chi connectivity index (χ4v) is 1.22. The molecule has 0 aliphatic rings. The molecule has 0 unspecified atom stereocenters. The SMILES string of the molecule is COC(=O)c1c(O)ccc2ncoc12. The first-order valence-electron chi connectivity index (χ1n) is 3.87. The molecule has 72 valence electrons.